The predicted octanol–water partition coefficient (Wildman–Crippen LogP) is 1.83. The highest BCUT2D eigenvalue weighted by Crippen LogP contribution is 2.56. The third kappa shape index (κ3) is 6.16. The summed E-state index contributed by atoms with van der Waals surface area (Å²) in [7, 11) is 1.17. The number of hydrogen-bond acceptors (Lipinski definition) is 3. The summed E-state index contributed by atoms with van der Waals surface area (Å²) in [5.74, 6) is -3.93. The molecule has 3 nitrogen and oxygen atoms in total. The summed E-state index contributed by atoms with van der Waals surface area (Å²) in [4.78, 5) is 10.3. The van der Waals surface area contributed by atoms with Crippen LogP contribution in [0.4, 0.5) is 0 Å². The summed E-state index contributed by atoms with van der Waals surface area (Å²) in [6.45, 7) is 0. The average molecular weight is 191 g/mol. The SMILES string of the molecule is COC(=O)CP(=O)(Cl)Cl. The van der Waals surface area contributed by atoms with Gasteiger partial charge in [-0.2, -0.15) is 0 Å². The molecule has 0 atom stereocenters. The minimum atomic E-state index is -3.27. The van der Waals surface area contributed by atoms with Crippen molar-refractivity contribution in [1.29, 1.82) is 0 Å². The van der Waals surface area contributed by atoms with Gasteiger partial charge in [0.05, 0.1) is 7.11 Å². The minimum Gasteiger partial charge on any atom is -0.469 e. The monoisotopic (exact) mass is 190 g/mol. The van der Waals surface area contributed by atoms with Crippen molar-refractivity contribution in [1.82, 2.24) is 0 Å². The van der Waals surface area contributed by atoms with E-state index in [0.29, 0.717) is 0 Å². The zero-order valence-corrected chi connectivity index (χ0v) is 7.04. The van der Waals surface area contributed by atoms with Gasteiger partial charge in [0.2, 0.25) is 0 Å². The molecule has 0 amide bonds. The van der Waals surface area contributed by atoms with Crippen LogP contribution in [0.15, 0.2) is 0 Å². The Morgan fingerprint density at radius 1 is 1.67 bits per heavy atom. The summed E-state index contributed by atoms with van der Waals surface area (Å²) in [5.41, 5.74) is 0. The number of halogens is 2. The molecule has 0 bridgehead atoms. The van der Waals surface area contributed by atoms with E-state index >= 15 is 0 Å². The molecular formula is C3H5Cl2O3P. The first-order valence-corrected chi connectivity index (χ1v) is 5.71. The van der Waals surface area contributed by atoms with Crippen LogP contribution in [0, 0.1) is 0 Å². The number of esters is 1. The zero-order valence-electron chi connectivity index (χ0n) is 4.63. The number of ether oxygens (including phenoxy) is 1. The molecule has 0 N–H and O–H groups in total. The Kier molecular flexibility index (Phi) is 3.56. The highest BCUT2D eigenvalue weighted by Gasteiger charge is 2.19. The van der Waals surface area contributed by atoms with E-state index in [1.165, 1.54) is 7.11 Å². The van der Waals surface area contributed by atoms with Crippen molar-refractivity contribution in [3.8, 4) is 0 Å². The van der Waals surface area contributed by atoms with Crippen LogP contribution in [-0.4, -0.2) is 19.2 Å². The molecule has 0 saturated heterocycles. The van der Waals surface area contributed by atoms with Crippen LogP contribution in [-0.2, 0) is 14.1 Å². The van der Waals surface area contributed by atoms with Gasteiger partial charge in [0.25, 0.3) is 5.85 Å². The molecule has 0 rings (SSSR count). The second-order valence-corrected chi connectivity index (χ2v) is 6.56. The normalized spacial score (nSPS) is 11.0. The first-order chi connectivity index (χ1) is 3.95. The zero-order chi connectivity index (χ0) is 7.49. The molecule has 0 fully saturated rings. The van der Waals surface area contributed by atoms with Crippen molar-refractivity contribution in [2.75, 3.05) is 13.3 Å². The van der Waals surface area contributed by atoms with Gasteiger partial charge in [0.1, 0.15) is 6.16 Å². The highest BCUT2D eigenvalue weighted by molar-refractivity contribution is 8.09. The number of carbonyl (C=O) groups excluding carboxylic acids is 1. The van der Waals surface area contributed by atoms with E-state index in [9.17, 15) is 9.36 Å². The van der Waals surface area contributed by atoms with E-state index in [1.807, 2.05) is 0 Å². The van der Waals surface area contributed by atoms with Crippen LogP contribution < -0.4 is 0 Å². The van der Waals surface area contributed by atoms with Gasteiger partial charge >= 0.3 is 5.97 Å². The smallest absolute Gasteiger partial charge is 0.315 e. The average Bonchev–Trinajstić information content (AvgIpc) is 1.62. The molecule has 0 radical (unpaired) electrons. The van der Waals surface area contributed by atoms with Gasteiger partial charge < -0.3 is 4.74 Å². The summed E-state index contributed by atoms with van der Waals surface area (Å²) < 4.78 is 14.6. The van der Waals surface area contributed by atoms with Gasteiger partial charge in [-0.25, -0.2) is 0 Å². The van der Waals surface area contributed by atoms with Crippen molar-refractivity contribution in [3.05, 3.63) is 0 Å². The molecule has 9 heavy (non-hydrogen) atoms. The summed E-state index contributed by atoms with van der Waals surface area (Å²) >= 11 is 10.1. The molecule has 0 aliphatic heterocycles. The molecule has 0 heterocycles. The van der Waals surface area contributed by atoms with Crippen LogP contribution in [0.1, 0.15) is 0 Å². The Balaban J connectivity index is 3.75. The van der Waals surface area contributed by atoms with Gasteiger partial charge in [-0.05, 0) is 22.5 Å². The maximum Gasteiger partial charge on any atom is 0.315 e. The topological polar surface area (TPSA) is 43.4 Å². The molecule has 54 valence electrons. The van der Waals surface area contributed by atoms with Crippen molar-refractivity contribution < 1.29 is 14.1 Å². The number of hydrogen-bond donors (Lipinski definition) is 0. The molecule has 0 saturated carbocycles. The maximum absolute atomic E-state index is 10.4. The van der Waals surface area contributed by atoms with Crippen molar-refractivity contribution >= 4 is 34.3 Å². The van der Waals surface area contributed by atoms with Gasteiger partial charge in [-0.3, -0.25) is 9.36 Å². The molecular weight excluding hydrogens is 186 g/mol. The lowest BCUT2D eigenvalue weighted by Gasteiger charge is -1.97. The first-order valence-electron chi connectivity index (χ1n) is 2.01. The van der Waals surface area contributed by atoms with E-state index in [4.69, 9.17) is 22.5 Å². The quantitative estimate of drug-likeness (QED) is 0.493. The predicted molar refractivity (Wildman–Crippen MR) is 36.2 cm³/mol. The van der Waals surface area contributed by atoms with Crippen LogP contribution in [0.3, 0.4) is 0 Å². The lowest BCUT2D eigenvalue weighted by molar-refractivity contribution is -0.137. The third-order valence-electron chi connectivity index (χ3n) is 0.541. The van der Waals surface area contributed by atoms with Crippen LogP contribution in [0.25, 0.3) is 0 Å². The van der Waals surface area contributed by atoms with Gasteiger partial charge in [0, 0.05) is 0 Å². The van der Waals surface area contributed by atoms with Gasteiger partial charge in [0.15, 0.2) is 0 Å². The molecule has 0 aliphatic carbocycles. The van der Waals surface area contributed by atoms with Crippen molar-refractivity contribution in [3.63, 3.8) is 0 Å². The fraction of sp³-hybridized carbons (Fsp3) is 0.667. The fourth-order valence-corrected chi connectivity index (χ4v) is 1.23. The lowest BCUT2D eigenvalue weighted by Crippen LogP contribution is -2.03. The van der Waals surface area contributed by atoms with E-state index < -0.39 is 18.0 Å². The number of rotatable bonds is 2. The number of carbonyl (C=O) groups is 1. The second kappa shape index (κ2) is 3.45. The number of methoxy groups -OCH3 is 1. The first kappa shape index (κ1) is 9.28. The highest BCUT2D eigenvalue weighted by atomic mass is 35.9. The third-order valence-corrected chi connectivity index (χ3v) is 1.88. The molecule has 0 aromatic rings. The standard InChI is InChI=1S/C3H5Cl2O3P/c1-8-3(6)2-9(4,5)7/h2H2,1H3. The maximum atomic E-state index is 10.4. The summed E-state index contributed by atoms with van der Waals surface area (Å²) in [6, 6.07) is 0. The van der Waals surface area contributed by atoms with Gasteiger partial charge in [-0.1, -0.05) is 0 Å². The van der Waals surface area contributed by atoms with Gasteiger partial charge in [-0.15, -0.1) is 0 Å². The Hall–Kier alpha value is 0.280. The lowest BCUT2D eigenvalue weighted by atomic mass is 10.8. The molecule has 0 spiro atoms. The minimum absolute atomic E-state index is 0.424. The van der Waals surface area contributed by atoms with Crippen molar-refractivity contribution in [2.45, 2.75) is 0 Å². The Bertz CT molecular complexity index is 151. The fourth-order valence-electron chi connectivity index (χ4n) is 0.215. The molecule has 6 heteroatoms. The summed E-state index contributed by atoms with van der Waals surface area (Å²) in [5, 5.41) is 0. The summed E-state index contributed by atoms with van der Waals surface area (Å²) in [6.07, 6.45) is -0.424. The Labute approximate surface area is 62.2 Å². The molecule has 0 aromatic carbocycles. The van der Waals surface area contributed by atoms with Crippen molar-refractivity contribution in [2.24, 2.45) is 0 Å². The van der Waals surface area contributed by atoms with E-state index in [0.717, 1.165) is 0 Å². The Morgan fingerprint density at radius 3 is 2.22 bits per heavy atom. The van der Waals surface area contributed by atoms with Crippen LogP contribution >= 0.6 is 28.3 Å². The van der Waals surface area contributed by atoms with E-state index in [2.05, 4.69) is 4.74 Å². The second-order valence-electron chi connectivity index (χ2n) is 1.30. The van der Waals surface area contributed by atoms with Crippen LogP contribution in [0.5, 0.6) is 0 Å². The van der Waals surface area contributed by atoms with E-state index in [-0.39, 0.29) is 0 Å². The Morgan fingerprint density at radius 2 is 2.11 bits per heavy atom. The van der Waals surface area contributed by atoms with Crippen LogP contribution in [0.2, 0.25) is 0 Å². The molecule has 0 aliphatic rings. The molecule has 0 unspecified atom stereocenters. The molecule has 0 aromatic heterocycles. The largest absolute Gasteiger partial charge is 0.469 e. The van der Waals surface area contributed by atoms with E-state index in [1.54, 1.807) is 0 Å².